The molecule has 0 aliphatic rings. The number of hydrogen-bond acceptors (Lipinski definition) is 7. The van der Waals surface area contributed by atoms with Crippen LogP contribution in [0.15, 0.2) is 29.2 Å². The Morgan fingerprint density at radius 3 is 1.96 bits per heavy atom. The summed E-state index contributed by atoms with van der Waals surface area (Å²) in [5.74, 6) is -0.660. The van der Waals surface area contributed by atoms with Crippen LogP contribution in [0.4, 0.5) is 5.69 Å². The van der Waals surface area contributed by atoms with E-state index in [-0.39, 0.29) is 74.9 Å². The van der Waals surface area contributed by atoms with Gasteiger partial charge in [0.1, 0.15) is 0 Å². The second-order valence-electron chi connectivity index (χ2n) is 4.41. The van der Waals surface area contributed by atoms with Crippen molar-refractivity contribution < 1.29 is 81.2 Å². The molecule has 0 fully saturated rings. The molecule has 0 bridgehead atoms. The van der Waals surface area contributed by atoms with Gasteiger partial charge >= 0.3 is 51.4 Å². The molecule has 126 valence electrons. The summed E-state index contributed by atoms with van der Waals surface area (Å²) in [6.45, 7) is -0.201. The van der Waals surface area contributed by atoms with Gasteiger partial charge in [-0.2, -0.15) is 0 Å². The molecule has 0 aliphatic heterocycles. The van der Waals surface area contributed by atoms with Crippen LogP contribution in [-0.2, 0) is 30.2 Å². The molecule has 2 N–H and O–H groups in total. The summed E-state index contributed by atoms with van der Waals surface area (Å²) >= 11 is 0. The summed E-state index contributed by atoms with van der Waals surface area (Å²) in [5, 5.41) is 0. The number of benzene rings is 1. The van der Waals surface area contributed by atoms with Gasteiger partial charge in [-0.25, -0.2) is 30.0 Å². The van der Waals surface area contributed by atoms with E-state index in [0.717, 1.165) is 6.26 Å². The molecule has 0 aliphatic carbocycles. The molecular weight excluding hydrogens is 395 g/mol. The Bertz CT molecular complexity index is 818. The molecule has 1 aromatic carbocycles. The molecule has 0 saturated carbocycles. The topological polar surface area (TPSA) is 150 Å². The average Bonchev–Trinajstić information content (AvgIpc) is 2.32. The van der Waals surface area contributed by atoms with E-state index < -0.39 is 35.9 Å². The minimum atomic E-state index is -4.38. The number of nitrogens with one attached hydrogen (secondary N) is 2. The molecule has 1 aromatic rings. The molecule has 0 aromatic heterocycles. The van der Waals surface area contributed by atoms with Crippen molar-refractivity contribution in [2.24, 2.45) is 0 Å². The second kappa shape index (κ2) is 9.21. The zero-order chi connectivity index (χ0) is 17.0. The minimum absolute atomic E-state index is 0. The van der Waals surface area contributed by atoms with Crippen molar-refractivity contribution in [3.8, 4) is 0 Å². The first kappa shape index (κ1) is 23.4. The Kier molecular flexibility index (Phi) is 9.39. The second-order valence-corrected chi connectivity index (χ2v) is 9.45. The maximum Gasteiger partial charge on any atom is 1.00 e. The van der Waals surface area contributed by atoms with Crippen LogP contribution in [-0.4, -0.2) is 48.4 Å². The fourth-order valence-electron chi connectivity index (χ4n) is 1.46. The van der Waals surface area contributed by atoms with Crippen molar-refractivity contribution in [3.05, 3.63) is 24.3 Å². The van der Waals surface area contributed by atoms with Gasteiger partial charge in [0.05, 0.1) is 21.3 Å². The fourth-order valence-corrected chi connectivity index (χ4v) is 3.59. The van der Waals surface area contributed by atoms with Gasteiger partial charge in [-0.15, -0.1) is 0 Å². The number of hydrogen-bond donors (Lipinski definition) is 2. The summed E-state index contributed by atoms with van der Waals surface area (Å²) in [4.78, 5) is -0.114. The Labute approximate surface area is 178 Å². The first-order chi connectivity index (χ1) is 9.89. The summed E-state index contributed by atoms with van der Waals surface area (Å²) in [6, 6.07) is 4.94. The van der Waals surface area contributed by atoms with E-state index in [1.54, 1.807) is 0 Å². The SMILES string of the molecule is CS(=O)(=O)Nc1ccc(S(=O)(=O)NCCCS(=O)(=O)[O-])cc1.[K+]. The van der Waals surface area contributed by atoms with Crippen molar-refractivity contribution >= 4 is 35.9 Å². The molecule has 0 spiro atoms. The Hall–Kier alpha value is 0.426. The molecule has 0 heterocycles. The Morgan fingerprint density at radius 1 is 1.00 bits per heavy atom. The van der Waals surface area contributed by atoms with Gasteiger partial charge in [-0.3, -0.25) is 4.72 Å². The summed E-state index contributed by atoms with van der Waals surface area (Å²) in [7, 11) is -11.7. The van der Waals surface area contributed by atoms with Crippen molar-refractivity contribution in [2.45, 2.75) is 11.3 Å². The van der Waals surface area contributed by atoms with E-state index in [9.17, 15) is 29.8 Å². The number of anilines is 1. The molecular formula is C10H15KN2O7S3. The monoisotopic (exact) mass is 410 g/mol. The first-order valence-corrected chi connectivity index (χ1v) is 10.9. The minimum Gasteiger partial charge on any atom is -0.748 e. The largest absolute Gasteiger partial charge is 1.00 e. The van der Waals surface area contributed by atoms with Crippen LogP contribution < -0.4 is 60.8 Å². The van der Waals surface area contributed by atoms with Gasteiger partial charge in [-0.05, 0) is 30.7 Å². The van der Waals surface area contributed by atoms with Crippen molar-refractivity contribution in [1.29, 1.82) is 0 Å². The fraction of sp³-hybridized carbons (Fsp3) is 0.400. The van der Waals surface area contributed by atoms with Gasteiger partial charge in [0.2, 0.25) is 20.0 Å². The molecule has 0 radical (unpaired) electrons. The Morgan fingerprint density at radius 2 is 1.52 bits per heavy atom. The van der Waals surface area contributed by atoms with Gasteiger partial charge in [0.15, 0.2) is 0 Å². The molecule has 0 atom stereocenters. The van der Waals surface area contributed by atoms with Crippen molar-refractivity contribution in [3.63, 3.8) is 0 Å². The zero-order valence-corrected chi connectivity index (χ0v) is 18.1. The normalized spacial score (nSPS) is 12.4. The quantitative estimate of drug-likeness (QED) is 0.254. The molecule has 1 rings (SSSR count). The third-order valence-corrected chi connectivity index (χ3v) is 5.20. The maximum atomic E-state index is 11.9. The predicted molar refractivity (Wildman–Crippen MR) is 79.3 cm³/mol. The van der Waals surface area contributed by atoms with Crippen LogP contribution in [0.5, 0.6) is 0 Å². The third kappa shape index (κ3) is 10.1. The summed E-state index contributed by atoms with van der Waals surface area (Å²) < 4.78 is 81.3. The van der Waals surface area contributed by atoms with E-state index in [1.165, 1.54) is 24.3 Å². The molecule has 0 amide bonds. The zero-order valence-electron chi connectivity index (χ0n) is 12.5. The first-order valence-electron chi connectivity index (χ1n) is 5.90. The summed E-state index contributed by atoms with van der Waals surface area (Å²) in [5.41, 5.74) is 0.207. The van der Waals surface area contributed by atoms with E-state index in [4.69, 9.17) is 0 Å². The Balaban J connectivity index is 0.00000484. The van der Waals surface area contributed by atoms with E-state index in [1.807, 2.05) is 0 Å². The van der Waals surface area contributed by atoms with E-state index in [2.05, 4.69) is 9.44 Å². The molecule has 9 nitrogen and oxygen atoms in total. The maximum absolute atomic E-state index is 11.9. The van der Waals surface area contributed by atoms with Crippen LogP contribution in [0.25, 0.3) is 0 Å². The standard InChI is InChI=1S/C10H16N2O7S3.K/c1-20(13,14)12-9-3-5-10(6-4-9)22(18,19)11-7-2-8-21(15,16)17;/h3-6,11-12H,2,7-8H2,1H3,(H,15,16,17);/q;+1/p-1. The van der Waals surface area contributed by atoms with Crippen molar-refractivity contribution in [1.82, 2.24) is 4.72 Å². The van der Waals surface area contributed by atoms with Gasteiger partial charge in [-0.1, -0.05) is 0 Å². The van der Waals surface area contributed by atoms with E-state index >= 15 is 0 Å². The van der Waals surface area contributed by atoms with Crippen LogP contribution in [0.2, 0.25) is 0 Å². The van der Waals surface area contributed by atoms with Crippen LogP contribution in [0.3, 0.4) is 0 Å². The van der Waals surface area contributed by atoms with Crippen LogP contribution in [0, 0.1) is 0 Å². The predicted octanol–water partition coefficient (Wildman–Crippen LogP) is -3.72. The number of rotatable bonds is 8. The number of sulfonamides is 2. The van der Waals surface area contributed by atoms with Crippen molar-refractivity contribution in [2.75, 3.05) is 23.3 Å². The molecule has 0 unspecified atom stereocenters. The third-order valence-electron chi connectivity index (χ3n) is 2.33. The van der Waals surface area contributed by atoms with Crippen LogP contribution >= 0.6 is 0 Å². The summed E-state index contributed by atoms with van der Waals surface area (Å²) in [6.07, 6.45) is 0.821. The van der Waals surface area contributed by atoms with Gasteiger partial charge in [0, 0.05) is 18.0 Å². The van der Waals surface area contributed by atoms with Gasteiger partial charge in [0.25, 0.3) is 0 Å². The molecule has 13 heteroatoms. The average molecular weight is 411 g/mol. The van der Waals surface area contributed by atoms with Crippen LogP contribution in [0.1, 0.15) is 6.42 Å². The van der Waals surface area contributed by atoms with Gasteiger partial charge < -0.3 is 4.55 Å². The molecule has 23 heavy (non-hydrogen) atoms. The molecule has 0 saturated heterocycles. The smallest absolute Gasteiger partial charge is 0.748 e. The van der Waals surface area contributed by atoms with E-state index in [0.29, 0.717) is 0 Å².